The van der Waals surface area contributed by atoms with Gasteiger partial charge >= 0.3 is 0 Å². The summed E-state index contributed by atoms with van der Waals surface area (Å²) in [6.07, 6.45) is 0.719. The molecule has 1 atom stereocenters. The summed E-state index contributed by atoms with van der Waals surface area (Å²) in [5.41, 5.74) is 0.889. The van der Waals surface area contributed by atoms with Crippen molar-refractivity contribution in [1.82, 2.24) is 0 Å². The second-order valence-corrected chi connectivity index (χ2v) is 6.23. The first-order chi connectivity index (χ1) is 9.51. The molecule has 0 amide bonds. The molecule has 20 heavy (non-hydrogen) atoms. The minimum Gasteiger partial charge on any atom is -0.374 e. The average Bonchev–Trinajstić information content (AvgIpc) is 2.39. The van der Waals surface area contributed by atoms with E-state index < -0.39 is 11.6 Å². The normalized spacial score (nSPS) is 12.2. The van der Waals surface area contributed by atoms with Gasteiger partial charge in [0, 0.05) is 8.95 Å². The van der Waals surface area contributed by atoms with Crippen molar-refractivity contribution in [3.63, 3.8) is 0 Å². The predicted molar refractivity (Wildman–Crippen MR) is 84.9 cm³/mol. The highest BCUT2D eigenvalue weighted by Crippen LogP contribution is 2.29. The summed E-state index contributed by atoms with van der Waals surface area (Å²) in [6, 6.07) is 10.0. The molecule has 0 saturated carbocycles. The summed E-state index contributed by atoms with van der Waals surface area (Å²) in [5, 5.41) is 2.94. The van der Waals surface area contributed by atoms with Gasteiger partial charge in [-0.05, 0) is 36.2 Å². The van der Waals surface area contributed by atoms with Crippen LogP contribution in [0.15, 0.2) is 45.3 Å². The van der Waals surface area contributed by atoms with Crippen molar-refractivity contribution in [2.75, 3.05) is 5.32 Å². The van der Waals surface area contributed by atoms with Crippen LogP contribution in [0, 0.1) is 11.6 Å². The lowest BCUT2D eigenvalue weighted by molar-refractivity contribution is 0.579. The SMILES string of the molecule is CCC(Nc1c(F)cc(Br)cc1F)c1ccc(Br)cc1. The van der Waals surface area contributed by atoms with Gasteiger partial charge in [0.15, 0.2) is 0 Å². The smallest absolute Gasteiger partial charge is 0.150 e. The molecule has 0 aromatic heterocycles. The Morgan fingerprint density at radius 3 is 2.05 bits per heavy atom. The van der Waals surface area contributed by atoms with Crippen molar-refractivity contribution < 1.29 is 8.78 Å². The van der Waals surface area contributed by atoms with Gasteiger partial charge in [-0.1, -0.05) is 50.9 Å². The van der Waals surface area contributed by atoms with Crippen LogP contribution in [-0.4, -0.2) is 0 Å². The highest BCUT2D eigenvalue weighted by molar-refractivity contribution is 9.10. The standard InChI is InChI=1S/C15H13Br2F2N/c1-2-14(9-3-5-10(16)6-4-9)20-15-12(18)7-11(17)8-13(15)19/h3-8,14,20H,2H2,1H3. The summed E-state index contributed by atoms with van der Waals surface area (Å²) >= 11 is 6.44. The molecule has 0 spiro atoms. The molecule has 106 valence electrons. The number of nitrogens with one attached hydrogen (secondary N) is 1. The molecule has 1 N–H and O–H groups in total. The first-order valence-corrected chi connectivity index (χ1v) is 7.76. The molecule has 0 heterocycles. The number of anilines is 1. The molecular weight excluding hydrogens is 392 g/mol. The zero-order chi connectivity index (χ0) is 14.7. The summed E-state index contributed by atoms with van der Waals surface area (Å²) in [5.74, 6) is -1.21. The van der Waals surface area contributed by atoms with E-state index in [1.807, 2.05) is 31.2 Å². The quantitative estimate of drug-likeness (QED) is 0.653. The molecule has 0 aliphatic heterocycles. The Hall–Kier alpha value is -0.940. The van der Waals surface area contributed by atoms with Crippen LogP contribution in [0.2, 0.25) is 0 Å². The fourth-order valence-corrected chi connectivity index (χ4v) is 2.64. The number of rotatable bonds is 4. The minimum atomic E-state index is -0.604. The zero-order valence-corrected chi connectivity index (χ0v) is 13.9. The summed E-state index contributed by atoms with van der Waals surface area (Å²) in [4.78, 5) is 0. The maximum Gasteiger partial charge on any atom is 0.150 e. The second kappa shape index (κ2) is 6.68. The van der Waals surface area contributed by atoms with E-state index in [0.717, 1.165) is 16.5 Å². The van der Waals surface area contributed by atoms with Crippen LogP contribution in [-0.2, 0) is 0 Å². The second-order valence-electron chi connectivity index (χ2n) is 4.40. The Kier molecular flexibility index (Phi) is 5.16. The maximum atomic E-state index is 13.8. The maximum absolute atomic E-state index is 13.8. The first kappa shape index (κ1) is 15.4. The van der Waals surface area contributed by atoms with Gasteiger partial charge in [-0.15, -0.1) is 0 Å². The van der Waals surface area contributed by atoms with E-state index >= 15 is 0 Å². The third kappa shape index (κ3) is 3.58. The van der Waals surface area contributed by atoms with Crippen LogP contribution in [0.4, 0.5) is 14.5 Å². The topological polar surface area (TPSA) is 12.0 Å². The van der Waals surface area contributed by atoms with E-state index in [1.54, 1.807) is 0 Å². The van der Waals surface area contributed by atoms with E-state index in [0.29, 0.717) is 4.47 Å². The van der Waals surface area contributed by atoms with Crippen molar-refractivity contribution >= 4 is 37.5 Å². The van der Waals surface area contributed by atoms with Gasteiger partial charge in [0.1, 0.15) is 17.3 Å². The lowest BCUT2D eigenvalue weighted by Crippen LogP contribution is -2.12. The third-order valence-corrected chi connectivity index (χ3v) is 3.99. The van der Waals surface area contributed by atoms with Crippen LogP contribution in [0.5, 0.6) is 0 Å². The largest absolute Gasteiger partial charge is 0.374 e. The minimum absolute atomic E-state index is 0.0945. The van der Waals surface area contributed by atoms with Gasteiger partial charge in [-0.2, -0.15) is 0 Å². The molecule has 0 fully saturated rings. The number of halogens is 4. The molecule has 0 aliphatic carbocycles. The van der Waals surface area contributed by atoms with E-state index in [1.165, 1.54) is 12.1 Å². The van der Waals surface area contributed by atoms with Crippen LogP contribution in [0.3, 0.4) is 0 Å². The van der Waals surface area contributed by atoms with Gasteiger partial charge < -0.3 is 5.32 Å². The average molecular weight is 405 g/mol. The molecule has 1 unspecified atom stereocenters. The van der Waals surface area contributed by atoms with Gasteiger partial charge in [0.25, 0.3) is 0 Å². The van der Waals surface area contributed by atoms with Gasteiger partial charge in [-0.25, -0.2) is 8.78 Å². The first-order valence-electron chi connectivity index (χ1n) is 6.17. The third-order valence-electron chi connectivity index (χ3n) is 3.01. The molecule has 0 radical (unpaired) electrons. The molecule has 2 aromatic carbocycles. The Labute approximate surface area is 133 Å². The van der Waals surface area contributed by atoms with Crippen molar-refractivity contribution in [1.29, 1.82) is 0 Å². The van der Waals surface area contributed by atoms with E-state index in [2.05, 4.69) is 37.2 Å². The fourth-order valence-electron chi connectivity index (χ4n) is 1.97. The van der Waals surface area contributed by atoms with E-state index in [9.17, 15) is 8.78 Å². The Bertz CT molecular complexity index is 576. The highest BCUT2D eigenvalue weighted by atomic mass is 79.9. The number of hydrogen-bond donors (Lipinski definition) is 1. The summed E-state index contributed by atoms with van der Waals surface area (Å²) < 4.78 is 29.0. The van der Waals surface area contributed by atoms with Gasteiger partial charge in [-0.3, -0.25) is 0 Å². The molecule has 0 aliphatic rings. The lowest BCUT2D eigenvalue weighted by Gasteiger charge is -2.20. The van der Waals surface area contributed by atoms with Crippen molar-refractivity contribution in [2.24, 2.45) is 0 Å². The van der Waals surface area contributed by atoms with Crippen LogP contribution in [0.1, 0.15) is 24.9 Å². The van der Waals surface area contributed by atoms with Crippen molar-refractivity contribution in [3.05, 3.63) is 62.5 Å². The van der Waals surface area contributed by atoms with Crippen molar-refractivity contribution in [3.8, 4) is 0 Å². The number of benzene rings is 2. The van der Waals surface area contributed by atoms with Gasteiger partial charge in [0.05, 0.1) is 6.04 Å². The Balaban J connectivity index is 2.29. The molecule has 5 heteroatoms. The Morgan fingerprint density at radius 1 is 1.00 bits per heavy atom. The molecule has 0 saturated heterocycles. The fraction of sp³-hybridized carbons (Fsp3) is 0.200. The van der Waals surface area contributed by atoms with Gasteiger partial charge in [0.2, 0.25) is 0 Å². The highest BCUT2D eigenvalue weighted by Gasteiger charge is 2.16. The van der Waals surface area contributed by atoms with E-state index in [4.69, 9.17) is 0 Å². The molecule has 0 bridgehead atoms. The lowest BCUT2D eigenvalue weighted by atomic mass is 10.0. The van der Waals surface area contributed by atoms with E-state index in [-0.39, 0.29) is 11.7 Å². The monoisotopic (exact) mass is 403 g/mol. The molecule has 2 aromatic rings. The van der Waals surface area contributed by atoms with Crippen LogP contribution < -0.4 is 5.32 Å². The predicted octanol–water partition coefficient (Wildman–Crippen LogP) is 6.05. The van der Waals surface area contributed by atoms with Crippen molar-refractivity contribution in [2.45, 2.75) is 19.4 Å². The molecule has 1 nitrogen and oxygen atoms in total. The number of hydrogen-bond acceptors (Lipinski definition) is 1. The van der Waals surface area contributed by atoms with Crippen LogP contribution >= 0.6 is 31.9 Å². The molecule has 2 rings (SSSR count). The summed E-state index contributed by atoms with van der Waals surface area (Å²) in [7, 11) is 0. The van der Waals surface area contributed by atoms with Crippen LogP contribution in [0.25, 0.3) is 0 Å². The zero-order valence-electron chi connectivity index (χ0n) is 10.8. The Morgan fingerprint density at radius 2 is 1.55 bits per heavy atom. The summed E-state index contributed by atoms with van der Waals surface area (Å²) in [6.45, 7) is 1.97. The molecular formula is C15H13Br2F2N.